The van der Waals surface area contributed by atoms with Gasteiger partial charge in [-0.15, -0.1) is 0 Å². The van der Waals surface area contributed by atoms with E-state index in [1.165, 1.54) is 13.1 Å². The molecule has 4 N–H and O–H groups in total. The fourth-order valence-electron chi connectivity index (χ4n) is 6.60. The lowest BCUT2D eigenvalue weighted by Gasteiger charge is -2.33. The average molecular weight is 987 g/mol. The Hall–Kier alpha value is -6.43. The molecule has 1 aromatic heterocycles. The Kier molecular flexibility index (Phi) is 16.5. The van der Waals surface area contributed by atoms with E-state index in [1.54, 1.807) is 54.4 Å². The number of urea groups is 1. The van der Waals surface area contributed by atoms with Crippen molar-refractivity contribution in [2.24, 2.45) is 5.10 Å². The monoisotopic (exact) mass is 985 g/mol. The molecule has 66 heavy (non-hydrogen) atoms. The molecule has 19 nitrogen and oxygen atoms in total. The summed E-state index contributed by atoms with van der Waals surface area (Å²) in [6.07, 6.45) is -2.10. The number of anilines is 3. The zero-order valence-electron chi connectivity index (χ0n) is 36.0. The molecule has 4 amide bonds. The Balaban J connectivity index is 0.839. The number of halogens is 4. The SMILES string of the molecule is Cc1cnc(NC(=O)Nc2cc(Br)c(C)cc2OC[C@@H]2CN(C(=O)CCOCCOCCOc3ccc(C4=NNC(C)(C(=O)Nc5ccc([N+](=O)[O-])c(C(F)(F)F)c5)C4)cc3)CCO2)cn1. The zero-order valence-corrected chi connectivity index (χ0v) is 37.6. The summed E-state index contributed by atoms with van der Waals surface area (Å²) in [5.74, 6) is 0.520. The maximum absolute atomic E-state index is 13.4. The second kappa shape index (κ2) is 22.2. The fourth-order valence-corrected chi connectivity index (χ4v) is 6.95. The second-order valence-electron chi connectivity index (χ2n) is 15.3. The lowest BCUT2D eigenvalue weighted by atomic mass is 9.93. The highest BCUT2D eigenvalue weighted by Crippen LogP contribution is 2.38. The lowest BCUT2D eigenvalue weighted by Crippen LogP contribution is -2.47. The number of nitrogens with zero attached hydrogens (tertiary/aromatic N) is 5. The van der Waals surface area contributed by atoms with Gasteiger partial charge in [-0.1, -0.05) is 15.9 Å². The van der Waals surface area contributed by atoms with Crippen molar-refractivity contribution >= 4 is 62.4 Å². The average Bonchev–Trinajstić information content (AvgIpc) is 3.70. The highest BCUT2D eigenvalue weighted by atomic mass is 79.9. The number of morpholine rings is 1. The van der Waals surface area contributed by atoms with Gasteiger partial charge in [-0.3, -0.25) is 35.4 Å². The van der Waals surface area contributed by atoms with Crippen molar-refractivity contribution in [3.8, 4) is 11.5 Å². The van der Waals surface area contributed by atoms with Crippen LogP contribution in [-0.4, -0.2) is 114 Å². The van der Waals surface area contributed by atoms with Gasteiger partial charge in [0.2, 0.25) is 5.91 Å². The summed E-state index contributed by atoms with van der Waals surface area (Å²) in [6, 6.07) is 12.2. The van der Waals surface area contributed by atoms with E-state index < -0.39 is 45.9 Å². The van der Waals surface area contributed by atoms with Crippen LogP contribution >= 0.6 is 15.9 Å². The largest absolute Gasteiger partial charge is 0.491 e. The molecule has 2 aliphatic heterocycles. The summed E-state index contributed by atoms with van der Waals surface area (Å²) in [6.45, 7) is 7.76. The number of amides is 4. The molecule has 0 spiro atoms. The number of nitro groups is 1. The first-order valence-electron chi connectivity index (χ1n) is 20.6. The van der Waals surface area contributed by atoms with Gasteiger partial charge in [0.1, 0.15) is 41.9 Å². The molecule has 0 radical (unpaired) electrons. The highest BCUT2D eigenvalue weighted by Gasteiger charge is 2.41. The number of aryl methyl sites for hydroxylation is 2. The van der Waals surface area contributed by atoms with Crippen LogP contribution in [0.3, 0.4) is 0 Å². The second-order valence-corrected chi connectivity index (χ2v) is 16.2. The number of nitrogens with one attached hydrogen (secondary N) is 4. The van der Waals surface area contributed by atoms with Gasteiger partial charge >= 0.3 is 12.2 Å². The minimum atomic E-state index is -4.99. The lowest BCUT2D eigenvalue weighted by molar-refractivity contribution is -0.388. The van der Waals surface area contributed by atoms with Gasteiger partial charge in [-0.05, 0) is 80.4 Å². The molecule has 3 heterocycles. The van der Waals surface area contributed by atoms with E-state index in [0.29, 0.717) is 66.1 Å². The maximum atomic E-state index is 13.4. The van der Waals surface area contributed by atoms with Gasteiger partial charge in [0, 0.05) is 29.2 Å². The van der Waals surface area contributed by atoms with Gasteiger partial charge in [-0.2, -0.15) is 18.3 Å². The Bertz CT molecular complexity index is 2410. The van der Waals surface area contributed by atoms with Crippen LogP contribution in [0.15, 0.2) is 76.6 Å². The van der Waals surface area contributed by atoms with Crippen LogP contribution in [0.4, 0.5) is 40.8 Å². The number of benzene rings is 3. The van der Waals surface area contributed by atoms with Crippen molar-refractivity contribution in [3.05, 3.63) is 104 Å². The van der Waals surface area contributed by atoms with Crippen molar-refractivity contribution in [1.29, 1.82) is 0 Å². The molecular weight excluding hydrogens is 939 g/mol. The summed E-state index contributed by atoms with van der Waals surface area (Å²) in [5.41, 5.74) is 1.84. The van der Waals surface area contributed by atoms with Crippen molar-refractivity contribution < 1.29 is 56.2 Å². The molecule has 1 fully saturated rings. The third-order valence-corrected chi connectivity index (χ3v) is 11.0. The number of hydrogen-bond donors (Lipinski definition) is 4. The molecule has 1 unspecified atom stereocenters. The Morgan fingerprint density at radius 1 is 0.970 bits per heavy atom. The van der Waals surface area contributed by atoms with Crippen LogP contribution in [0.25, 0.3) is 0 Å². The molecule has 23 heteroatoms. The van der Waals surface area contributed by atoms with Crippen LogP contribution in [-0.2, 0) is 30.0 Å². The number of rotatable bonds is 19. The van der Waals surface area contributed by atoms with Gasteiger partial charge in [-0.25, -0.2) is 9.78 Å². The molecule has 6 rings (SSSR count). The predicted molar refractivity (Wildman–Crippen MR) is 238 cm³/mol. The van der Waals surface area contributed by atoms with Crippen LogP contribution in [0.2, 0.25) is 0 Å². The zero-order chi connectivity index (χ0) is 47.4. The third kappa shape index (κ3) is 13.6. The van der Waals surface area contributed by atoms with Gasteiger partial charge in [0.25, 0.3) is 11.6 Å². The first-order chi connectivity index (χ1) is 31.5. The number of hydrogen-bond acceptors (Lipinski definition) is 14. The molecule has 352 valence electrons. The number of carbonyl (C=O) groups excluding carboxylic acids is 3. The van der Waals surface area contributed by atoms with E-state index >= 15 is 0 Å². The van der Waals surface area contributed by atoms with E-state index in [2.05, 4.69) is 52.4 Å². The molecular formula is C43H47BrF3N9O10. The van der Waals surface area contributed by atoms with Crippen molar-refractivity contribution in [2.75, 3.05) is 75.3 Å². The van der Waals surface area contributed by atoms with Crippen molar-refractivity contribution in [1.82, 2.24) is 20.3 Å². The van der Waals surface area contributed by atoms with E-state index in [-0.39, 0.29) is 64.1 Å². The normalized spacial score (nSPS) is 17.0. The molecule has 2 atom stereocenters. The molecule has 2 aliphatic rings. The van der Waals surface area contributed by atoms with E-state index in [0.717, 1.165) is 21.8 Å². The molecule has 0 saturated carbocycles. The van der Waals surface area contributed by atoms with Crippen LogP contribution < -0.4 is 30.8 Å². The quantitative estimate of drug-likeness (QED) is 0.0440. The number of nitro benzene ring substituents is 1. The van der Waals surface area contributed by atoms with Crippen molar-refractivity contribution in [2.45, 2.75) is 51.4 Å². The number of aromatic nitrogens is 2. The number of ether oxygens (including phenoxy) is 5. The maximum Gasteiger partial charge on any atom is 0.423 e. The fraction of sp³-hybridized carbons (Fsp3) is 0.395. The van der Waals surface area contributed by atoms with Gasteiger partial charge in [0.15, 0.2) is 5.82 Å². The molecule has 0 bridgehead atoms. The van der Waals surface area contributed by atoms with Crippen LogP contribution in [0, 0.1) is 24.0 Å². The minimum absolute atomic E-state index is 0.0808. The molecule has 4 aromatic rings. The van der Waals surface area contributed by atoms with Gasteiger partial charge < -0.3 is 39.2 Å². The van der Waals surface area contributed by atoms with Crippen molar-refractivity contribution in [3.63, 3.8) is 0 Å². The number of alkyl halides is 3. The summed E-state index contributed by atoms with van der Waals surface area (Å²) in [7, 11) is 0. The van der Waals surface area contributed by atoms with E-state index in [1.807, 2.05) is 6.92 Å². The van der Waals surface area contributed by atoms with Crippen LogP contribution in [0.5, 0.6) is 11.5 Å². The van der Waals surface area contributed by atoms with Gasteiger partial charge in [0.05, 0.1) is 80.4 Å². The summed E-state index contributed by atoms with van der Waals surface area (Å²) >= 11 is 3.50. The number of hydrazone groups is 1. The predicted octanol–water partition coefficient (Wildman–Crippen LogP) is 6.63. The third-order valence-electron chi connectivity index (χ3n) is 10.2. The molecule has 0 aliphatic carbocycles. The molecule has 1 saturated heterocycles. The highest BCUT2D eigenvalue weighted by molar-refractivity contribution is 9.10. The topological polar surface area (TPSA) is 230 Å². The first kappa shape index (κ1) is 49.0. The molecule has 3 aromatic carbocycles. The van der Waals surface area contributed by atoms with E-state index in [4.69, 9.17) is 23.7 Å². The summed E-state index contributed by atoms with van der Waals surface area (Å²) in [5, 5.41) is 23.2. The minimum Gasteiger partial charge on any atom is -0.491 e. The summed E-state index contributed by atoms with van der Waals surface area (Å²) in [4.78, 5) is 58.7. The number of carbonyl (C=O) groups is 3. The van der Waals surface area contributed by atoms with Crippen LogP contribution in [0.1, 0.15) is 42.1 Å². The smallest absolute Gasteiger partial charge is 0.423 e. The first-order valence-corrected chi connectivity index (χ1v) is 21.4. The summed E-state index contributed by atoms with van der Waals surface area (Å²) < 4.78 is 70.0. The van der Waals surface area contributed by atoms with E-state index in [9.17, 15) is 37.7 Å². The standard InChI is InChI=1S/C43H47BrF3N9O10/c1-26-18-37(34(20-33(26)44)51-41(59)52-38-23-48-27(2)22-49-38)66-25-31-24-55(11-13-64-31)39(57)10-12-62-14-15-63-16-17-65-30-7-4-28(5-8-30)35-21-42(3,54-53-35)40(58)50-29-6-9-36(56(60)61)32(19-29)43(45,46)47/h4-9,18-20,22-23,31,54H,10-17,21,24-25H2,1-3H3,(H,50,58)(H2,49,51,52,59)/t31-,42?/m0/s1. The Morgan fingerprint density at radius 3 is 2.42 bits per heavy atom. The Morgan fingerprint density at radius 2 is 1.71 bits per heavy atom. The Labute approximate surface area is 385 Å².